The Kier molecular flexibility index (Phi) is 3.20. The van der Waals surface area contributed by atoms with Crippen LogP contribution in [-0.4, -0.2) is 56.1 Å². The molecule has 4 heterocycles. The monoisotopic (exact) mass is 320 g/mol. The average molecular weight is 320 g/mol. The topological polar surface area (TPSA) is 151 Å². The molecule has 0 amide bonds. The molecule has 4 atom stereocenters. The van der Waals surface area contributed by atoms with Gasteiger partial charge in [0.2, 0.25) is 0 Å². The lowest BCUT2D eigenvalue weighted by molar-refractivity contribution is -0.0430. The Balaban J connectivity index is 1.87. The number of aromatic nitrogens is 3. The summed E-state index contributed by atoms with van der Waals surface area (Å²) in [6, 6.07) is 0. The molecule has 4 unspecified atom stereocenters. The van der Waals surface area contributed by atoms with Gasteiger partial charge in [0.05, 0.1) is 30.1 Å². The van der Waals surface area contributed by atoms with Crippen LogP contribution < -0.4 is 16.6 Å². The summed E-state index contributed by atoms with van der Waals surface area (Å²) in [7, 11) is 0. The highest BCUT2D eigenvalue weighted by molar-refractivity contribution is 6.02. The van der Waals surface area contributed by atoms with Crippen molar-refractivity contribution >= 4 is 23.1 Å². The van der Waals surface area contributed by atoms with E-state index in [9.17, 15) is 15.0 Å². The van der Waals surface area contributed by atoms with Crippen LogP contribution in [0.25, 0.3) is 11.0 Å². The van der Waals surface area contributed by atoms with Gasteiger partial charge in [-0.05, 0) is 0 Å². The SMILES string of the molecule is NC1N=Cc2c([nH]c(=O)c3ncn(C4CC(O)C(CO)O4)c23)N1. The van der Waals surface area contributed by atoms with Crippen LogP contribution in [0.4, 0.5) is 5.82 Å². The van der Waals surface area contributed by atoms with Gasteiger partial charge >= 0.3 is 0 Å². The Hall–Kier alpha value is -2.27. The number of aliphatic hydroxyl groups excluding tert-OH is 2. The molecule has 6 N–H and O–H groups in total. The second-order valence-corrected chi connectivity index (χ2v) is 5.57. The fourth-order valence-corrected chi connectivity index (χ4v) is 3.00. The van der Waals surface area contributed by atoms with E-state index in [1.165, 1.54) is 6.33 Å². The molecule has 0 aromatic carbocycles. The molecule has 0 saturated carbocycles. The molecule has 1 fully saturated rings. The van der Waals surface area contributed by atoms with Gasteiger partial charge < -0.3 is 29.8 Å². The molecule has 0 radical (unpaired) electrons. The molecule has 10 heteroatoms. The largest absolute Gasteiger partial charge is 0.394 e. The molecular weight excluding hydrogens is 304 g/mol. The quantitative estimate of drug-likeness (QED) is 0.449. The maximum Gasteiger partial charge on any atom is 0.277 e. The number of aromatic amines is 1. The Morgan fingerprint density at radius 2 is 2.35 bits per heavy atom. The molecule has 10 nitrogen and oxygen atoms in total. The van der Waals surface area contributed by atoms with Crippen molar-refractivity contribution in [2.24, 2.45) is 10.7 Å². The van der Waals surface area contributed by atoms with Gasteiger partial charge in [-0.25, -0.2) is 4.98 Å². The molecule has 4 rings (SSSR count). The summed E-state index contributed by atoms with van der Waals surface area (Å²) < 4.78 is 7.32. The summed E-state index contributed by atoms with van der Waals surface area (Å²) in [4.78, 5) is 23.1. The molecule has 2 aliphatic heterocycles. The highest BCUT2D eigenvalue weighted by Crippen LogP contribution is 2.32. The van der Waals surface area contributed by atoms with Gasteiger partial charge in [0.25, 0.3) is 5.56 Å². The van der Waals surface area contributed by atoms with Gasteiger partial charge in [-0.3, -0.25) is 15.5 Å². The molecule has 0 spiro atoms. The van der Waals surface area contributed by atoms with Crippen molar-refractivity contribution in [3.63, 3.8) is 0 Å². The van der Waals surface area contributed by atoms with Crippen molar-refractivity contribution in [1.29, 1.82) is 0 Å². The predicted octanol–water partition coefficient (Wildman–Crippen LogP) is -1.55. The lowest BCUT2D eigenvalue weighted by Gasteiger charge is -2.20. The first-order chi connectivity index (χ1) is 11.1. The van der Waals surface area contributed by atoms with Crippen molar-refractivity contribution in [2.75, 3.05) is 11.9 Å². The van der Waals surface area contributed by atoms with Gasteiger partial charge in [-0.2, -0.15) is 0 Å². The summed E-state index contributed by atoms with van der Waals surface area (Å²) >= 11 is 0. The Morgan fingerprint density at radius 3 is 3.09 bits per heavy atom. The number of ether oxygens (including phenoxy) is 1. The predicted molar refractivity (Wildman–Crippen MR) is 81.2 cm³/mol. The van der Waals surface area contributed by atoms with E-state index < -0.39 is 24.7 Å². The van der Waals surface area contributed by atoms with E-state index in [1.54, 1.807) is 10.8 Å². The molecule has 2 aliphatic rings. The Labute approximate surface area is 129 Å². The van der Waals surface area contributed by atoms with Crippen LogP contribution in [0.5, 0.6) is 0 Å². The lowest BCUT2D eigenvalue weighted by atomic mass is 10.1. The van der Waals surface area contributed by atoms with Crippen molar-refractivity contribution in [1.82, 2.24) is 14.5 Å². The summed E-state index contributed by atoms with van der Waals surface area (Å²) in [6.07, 6.45) is 0.762. The van der Waals surface area contributed by atoms with E-state index >= 15 is 0 Å². The van der Waals surface area contributed by atoms with E-state index in [4.69, 9.17) is 10.5 Å². The molecule has 122 valence electrons. The molecule has 23 heavy (non-hydrogen) atoms. The van der Waals surface area contributed by atoms with Crippen molar-refractivity contribution in [3.05, 3.63) is 22.2 Å². The van der Waals surface area contributed by atoms with E-state index in [2.05, 4.69) is 20.3 Å². The Morgan fingerprint density at radius 1 is 1.52 bits per heavy atom. The van der Waals surface area contributed by atoms with Crippen LogP contribution in [-0.2, 0) is 4.74 Å². The molecule has 2 aromatic rings. The fourth-order valence-electron chi connectivity index (χ4n) is 3.00. The number of rotatable bonds is 2. The van der Waals surface area contributed by atoms with E-state index in [1.807, 2.05) is 0 Å². The molecule has 1 saturated heterocycles. The summed E-state index contributed by atoms with van der Waals surface area (Å²) in [5.41, 5.74) is 6.77. The van der Waals surface area contributed by atoms with Gasteiger partial charge in [-0.15, -0.1) is 0 Å². The number of imidazole rings is 1. The number of nitrogens with two attached hydrogens (primary N) is 1. The number of nitrogens with one attached hydrogen (secondary N) is 2. The number of pyridine rings is 1. The minimum absolute atomic E-state index is 0.248. The van der Waals surface area contributed by atoms with Crippen LogP contribution in [0.15, 0.2) is 16.1 Å². The van der Waals surface area contributed by atoms with Crippen molar-refractivity contribution in [3.8, 4) is 0 Å². The summed E-state index contributed by atoms with van der Waals surface area (Å²) in [6.45, 7) is -0.277. The number of H-pyrrole nitrogens is 1. The third-order valence-corrected chi connectivity index (χ3v) is 4.12. The average Bonchev–Trinajstić information content (AvgIpc) is 3.11. The maximum absolute atomic E-state index is 12.2. The Bertz CT molecular complexity index is 843. The van der Waals surface area contributed by atoms with Crippen LogP contribution in [0.1, 0.15) is 18.2 Å². The number of aliphatic hydroxyl groups is 2. The first kappa shape index (κ1) is 14.3. The molecule has 2 aromatic heterocycles. The van der Waals surface area contributed by atoms with Gasteiger partial charge in [-0.1, -0.05) is 0 Å². The summed E-state index contributed by atoms with van der Waals surface area (Å²) in [5, 5.41) is 22.0. The maximum atomic E-state index is 12.2. The first-order valence-electron chi connectivity index (χ1n) is 7.21. The van der Waals surface area contributed by atoms with Crippen LogP contribution in [0.2, 0.25) is 0 Å². The zero-order valence-corrected chi connectivity index (χ0v) is 12.0. The molecule has 0 aliphatic carbocycles. The van der Waals surface area contributed by atoms with Crippen LogP contribution in [0.3, 0.4) is 0 Å². The molecular formula is C13H16N6O4. The van der Waals surface area contributed by atoms with E-state index in [0.29, 0.717) is 23.3 Å². The fraction of sp³-hybridized carbons (Fsp3) is 0.462. The smallest absolute Gasteiger partial charge is 0.277 e. The number of hydrogen-bond acceptors (Lipinski definition) is 8. The summed E-state index contributed by atoms with van der Waals surface area (Å²) in [5.74, 6) is 0.462. The van der Waals surface area contributed by atoms with Crippen LogP contribution >= 0.6 is 0 Å². The minimum Gasteiger partial charge on any atom is -0.394 e. The third kappa shape index (κ3) is 2.15. The van der Waals surface area contributed by atoms with Crippen LogP contribution in [0, 0.1) is 0 Å². The second kappa shape index (κ2) is 5.13. The highest BCUT2D eigenvalue weighted by atomic mass is 16.5. The van der Waals surface area contributed by atoms with Gasteiger partial charge in [0.1, 0.15) is 18.1 Å². The number of anilines is 1. The lowest BCUT2D eigenvalue weighted by Crippen LogP contribution is -2.32. The first-order valence-corrected chi connectivity index (χ1v) is 7.21. The van der Waals surface area contributed by atoms with Crippen molar-refractivity contribution < 1.29 is 14.9 Å². The normalized spacial score (nSPS) is 29.7. The number of aliphatic imine (C=N–C) groups is 1. The van der Waals surface area contributed by atoms with Crippen molar-refractivity contribution in [2.45, 2.75) is 31.1 Å². The number of fused-ring (bicyclic) bond motifs is 3. The van der Waals surface area contributed by atoms with Gasteiger partial charge in [0, 0.05) is 12.6 Å². The number of hydrogen-bond donors (Lipinski definition) is 5. The van der Waals surface area contributed by atoms with Gasteiger partial charge in [0.15, 0.2) is 11.8 Å². The zero-order chi connectivity index (χ0) is 16.1. The number of nitrogens with zero attached hydrogens (tertiary/aromatic N) is 3. The standard InChI is InChI=1S/C13H16N6O4/c14-13-15-2-5-10-9(12(22)17-11(5)18-13)16-4-19(10)8-1-6(21)7(3-20)23-8/h2,4,6-8,13,20-21H,1,3,14H2,(H2,17,18,22). The second-order valence-electron chi connectivity index (χ2n) is 5.57. The highest BCUT2D eigenvalue weighted by Gasteiger charge is 2.35. The van der Waals surface area contributed by atoms with E-state index in [0.717, 1.165) is 0 Å². The zero-order valence-electron chi connectivity index (χ0n) is 12.0. The third-order valence-electron chi connectivity index (χ3n) is 4.12. The minimum atomic E-state index is -0.777. The van der Waals surface area contributed by atoms with E-state index in [-0.39, 0.29) is 17.7 Å². The molecule has 0 bridgehead atoms.